The Kier molecular flexibility index (Phi) is 2.39. The molecule has 1 aromatic rings. The molecule has 0 saturated carbocycles. The zero-order valence-electron chi connectivity index (χ0n) is 7.86. The summed E-state index contributed by atoms with van der Waals surface area (Å²) in [4.78, 5) is 22.2. The number of carbonyl (C=O) groups excluding carboxylic acids is 2. The van der Waals surface area contributed by atoms with Crippen LogP contribution in [0.15, 0.2) is 24.3 Å². The standard InChI is InChI=1S/C10H10N2O3/c13-5-6-1-3-7(4-2-6)8-9(14)12-10(15)11-8/h1-4,8,13H,5H2,(H2,11,12,14,15). The molecule has 3 amide bonds. The molecule has 0 aromatic heterocycles. The molecule has 0 aliphatic carbocycles. The van der Waals surface area contributed by atoms with Crippen molar-refractivity contribution in [2.45, 2.75) is 12.6 Å². The normalized spacial score (nSPS) is 19.9. The van der Waals surface area contributed by atoms with Crippen LogP contribution in [0.1, 0.15) is 17.2 Å². The van der Waals surface area contributed by atoms with Gasteiger partial charge in [-0.25, -0.2) is 4.79 Å². The first-order chi connectivity index (χ1) is 7.20. The summed E-state index contributed by atoms with van der Waals surface area (Å²) in [5.74, 6) is -0.350. The largest absolute Gasteiger partial charge is 0.392 e. The van der Waals surface area contributed by atoms with Gasteiger partial charge in [0.15, 0.2) is 0 Å². The Balaban J connectivity index is 2.22. The van der Waals surface area contributed by atoms with Crippen LogP contribution in [0.4, 0.5) is 4.79 Å². The maximum atomic E-state index is 11.3. The number of rotatable bonds is 2. The van der Waals surface area contributed by atoms with Crippen molar-refractivity contribution >= 4 is 11.9 Å². The third-order valence-electron chi connectivity index (χ3n) is 2.27. The fraction of sp³-hybridized carbons (Fsp3) is 0.200. The van der Waals surface area contributed by atoms with E-state index in [9.17, 15) is 9.59 Å². The van der Waals surface area contributed by atoms with Crippen LogP contribution >= 0.6 is 0 Å². The highest BCUT2D eigenvalue weighted by molar-refractivity contribution is 6.04. The van der Waals surface area contributed by atoms with Gasteiger partial charge in [-0.05, 0) is 11.1 Å². The van der Waals surface area contributed by atoms with Gasteiger partial charge < -0.3 is 10.4 Å². The quantitative estimate of drug-likeness (QED) is 0.599. The molecule has 0 spiro atoms. The fourth-order valence-corrected chi connectivity index (χ4v) is 1.47. The van der Waals surface area contributed by atoms with Gasteiger partial charge in [-0.2, -0.15) is 0 Å². The minimum absolute atomic E-state index is 0.0382. The summed E-state index contributed by atoms with van der Waals surface area (Å²) in [6, 6.07) is 5.75. The minimum atomic E-state index is -0.620. The predicted octanol–water partition coefficient (Wildman–Crippen LogP) is 0.0594. The van der Waals surface area contributed by atoms with Gasteiger partial charge in [0, 0.05) is 0 Å². The van der Waals surface area contributed by atoms with Crippen LogP contribution in [-0.2, 0) is 11.4 Å². The first-order valence-electron chi connectivity index (χ1n) is 4.52. The smallest absolute Gasteiger partial charge is 0.322 e. The Hall–Kier alpha value is -1.88. The molecule has 78 valence electrons. The summed E-state index contributed by atoms with van der Waals surface area (Å²) in [5, 5.41) is 13.5. The highest BCUT2D eigenvalue weighted by atomic mass is 16.3. The third-order valence-corrected chi connectivity index (χ3v) is 2.27. The average molecular weight is 206 g/mol. The number of aliphatic hydroxyl groups excluding tert-OH is 1. The second kappa shape index (κ2) is 3.70. The van der Waals surface area contributed by atoms with Crippen LogP contribution in [0.5, 0.6) is 0 Å². The highest BCUT2D eigenvalue weighted by Crippen LogP contribution is 2.16. The Morgan fingerprint density at radius 2 is 1.87 bits per heavy atom. The van der Waals surface area contributed by atoms with E-state index in [1.54, 1.807) is 24.3 Å². The molecule has 2 rings (SSSR count). The van der Waals surface area contributed by atoms with E-state index < -0.39 is 12.1 Å². The average Bonchev–Trinajstić information content (AvgIpc) is 2.58. The molecular weight excluding hydrogens is 196 g/mol. The van der Waals surface area contributed by atoms with Gasteiger partial charge in [0.05, 0.1) is 6.61 Å². The molecule has 1 aliphatic rings. The highest BCUT2D eigenvalue weighted by Gasteiger charge is 2.30. The van der Waals surface area contributed by atoms with Crippen molar-refractivity contribution < 1.29 is 14.7 Å². The number of amides is 3. The molecule has 1 unspecified atom stereocenters. The Bertz CT molecular complexity index is 400. The van der Waals surface area contributed by atoms with Crippen LogP contribution in [0, 0.1) is 0 Å². The Morgan fingerprint density at radius 3 is 2.33 bits per heavy atom. The van der Waals surface area contributed by atoms with E-state index in [4.69, 9.17) is 5.11 Å². The number of benzene rings is 1. The van der Waals surface area contributed by atoms with E-state index in [2.05, 4.69) is 10.6 Å². The monoisotopic (exact) mass is 206 g/mol. The number of aliphatic hydroxyl groups is 1. The van der Waals surface area contributed by atoms with Crippen molar-refractivity contribution in [3.8, 4) is 0 Å². The number of hydrogen-bond acceptors (Lipinski definition) is 3. The van der Waals surface area contributed by atoms with Crippen molar-refractivity contribution in [3.05, 3.63) is 35.4 Å². The van der Waals surface area contributed by atoms with E-state index in [0.29, 0.717) is 5.56 Å². The summed E-state index contributed by atoms with van der Waals surface area (Å²) in [6.45, 7) is -0.0382. The van der Waals surface area contributed by atoms with Gasteiger partial charge in [-0.15, -0.1) is 0 Å². The Labute approximate surface area is 86.1 Å². The third kappa shape index (κ3) is 1.82. The summed E-state index contributed by atoms with van der Waals surface area (Å²) in [7, 11) is 0. The first-order valence-corrected chi connectivity index (χ1v) is 4.52. The minimum Gasteiger partial charge on any atom is -0.392 e. The summed E-state index contributed by atoms with van der Waals surface area (Å²) < 4.78 is 0. The van der Waals surface area contributed by atoms with Crippen LogP contribution in [0.25, 0.3) is 0 Å². The number of carbonyl (C=O) groups is 2. The van der Waals surface area contributed by atoms with E-state index in [-0.39, 0.29) is 12.5 Å². The van der Waals surface area contributed by atoms with E-state index in [1.807, 2.05) is 0 Å². The number of nitrogens with one attached hydrogen (secondary N) is 2. The van der Waals surface area contributed by atoms with Crippen LogP contribution in [0.3, 0.4) is 0 Å². The molecule has 1 fully saturated rings. The van der Waals surface area contributed by atoms with Crippen LogP contribution < -0.4 is 10.6 Å². The molecule has 5 nitrogen and oxygen atoms in total. The molecule has 0 bridgehead atoms. The lowest BCUT2D eigenvalue weighted by Crippen LogP contribution is -2.22. The summed E-state index contributed by atoms with van der Waals surface area (Å²) in [6.07, 6.45) is 0. The van der Waals surface area contributed by atoms with Gasteiger partial charge in [-0.1, -0.05) is 24.3 Å². The maximum absolute atomic E-state index is 11.3. The van der Waals surface area contributed by atoms with Crippen molar-refractivity contribution in [2.75, 3.05) is 0 Å². The van der Waals surface area contributed by atoms with E-state index in [1.165, 1.54) is 0 Å². The molecule has 1 aromatic carbocycles. The first kappa shape index (κ1) is 9.67. The lowest BCUT2D eigenvalue weighted by Gasteiger charge is -2.07. The van der Waals surface area contributed by atoms with Crippen LogP contribution in [-0.4, -0.2) is 17.0 Å². The predicted molar refractivity (Wildman–Crippen MR) is 51.8 cm³/mol. The van der Waals surface area contributed by atoms with E-state index >= 15 is 0 Å². The Morgan fingerprint density at radius 1 is 1.20 bits per heavy atom. The molecule has 15 heavy (non-hydrogen) atoms. The fourth-order valence-electron chi connectivity index (χ4n) is 1.47. The van der Waals surface area contributed by atoms with Gasteiger partial charge in [0.2, 0.25) is 0 Å². The molecule has 3 N–H and O–H groups in total. The van der Waals surface area contributed by atoms with Crippen molar-refractivity contribution in [1.82, 2.24) is 10.6 Å². The number of urea groups is 1. The molecule has 5 heteroatoms. The number of imide groups is 1. The van der Waals surface area contributed by atoms with E-state index in [0.717, 1.165) is 5.56 Å². The topological polar surface area (TPSA) is 78.4 Å². The molecular formula is C10H10N2O3. The second-order valence-corrected chi connectivity index (χ2v) is 3.30. The zero-order chi connectivity index (χ0) is 10.8. The van der Waals surface area contributed by atoms with Gasteiger partial charge >= 0.3 is 6.03 Å². The number of hydrogen-bond donors (Lipinski definition) is 3. The van der Waals surface area contributed by atoms with Gasteiger partial charge in [0.1, 0.15) is 6.04 Å². The lowest BCUT2D eigenvalue weighted by molar-refractivity contribution is -0.120. The van der Waals surface area contributed by atoms with Crippen LogP contribution in [0.2, 0.25) is 0 Å². The molecule has 1 saturated heterocycles. The van der Waals surface area contributed by atoms with Gasteiger partial charge in [0.25, 0.3) is 5.91 Å². The molecule has 1 atom stereocenters. The SMILES string of the molecule is O=C1NC(=O)C(c2ccc(CO)cc2)N1. The summed E-state index contributed by atoms with van der Waals surface area (Å²) in [5.41, 5.74) is 1.47. The molecule has 1 aliphatic heterocycles. The molecule has 0 radical (unpaired) electrons. The lowest BCUT2D eigenvalue weighted by atomic mass is 10.1. The van der Waals surface area contributed by atoms with Crippen molar-refractivity contribution in [1.29, 1.82) is 0 Å². The molecule has 1 heterocycles. The van der Waals surface area contributed by atoms with Crippen molar-refractivity contribution in [2.24, 2.45) is 0 Å². The summed E-state index contributed by atoms with van der Waals surface area (Å²) >= 11 is 0. The maximum Gasteiger partial charge on any atom is 0.322 e. The van der Waals surface area contributed by atoms with Crippen molar-refractivity contribution in [3.63, 3.8) is 0 Å². The second-order valence-electron chi connectivity index (χ2n) is 3.30. The van der Waals surface area contributed by atoms with Gasteiger partial charge in [-0.3, -0.25) is 10.1 Å². The zero-order valence-corrected chi connectivity index (χ0v) is 7.86.